The molecule has 23 heavy (non-hydrogen) atoms. The van der Waals surface area contributed by atoms with Crippen molar-refractivity contribution in [2.75, 3.05) is 11.1 Å². The average molecular weight is 329 g/mol. The molecule has 0 saturated heterocycles. The second-order valence-corrected chi connectivity index (χ2v) is 6.91. The second kappa shape index (κ2) is 6.20. The lowest BCUT2D eigenvalue weighted by molar-refractivity contribution is -0.116. The van der Waals surface area contributed by atoms with Crippen LogP contribution in [0.4, 0.5) is 5.69 Å². The van der Waals surface area contributed by atoms with E-state index in [1.54, 1.807) is 4.57 Å². The highest BCUT2D eigenvalue weighted by molar-refractivity contribution is 7.99. The summed E-state index contributed by atoms with van der Waals surface area (Å²) in [6, 6.07) is 7.30. The Hall–Kier alpha value is -2.08. The normalized spacial score (nSPS) is 16.2. The van der Waals surface area contributed by atoms with Crippen LogP contribution in [0.3, 0.4) is 0 Å². The van der Waals surface area contributed by atoms with Crippen LogP contribution >= 0.6 is 11.8 Å². The summed E-state index contributed by atoms with van der Waals surface area (Å²) in [6.07, 6.45) is 0.276. The van der Waals surface area contributed by atoms with E-state index in [9.17, 15) is 9.59 Å². The number of nitrogens with zero attached hydrogens (tertiary/aromatic N) is 2. The van der Waals surface area contributed by atoms with Crippen molar-refractivity contribution in [2.24, 2.45) is 0 Å². The minimum absolute atomic E-state index is 0.0807. The molecule has 1 N–H and O–H groups in total. The third-order valence-corrected chi connectivity index (χ3v) is 4.99. The predicted octanol–water partition coefficient (Wildman–Crippen LogP) is 2.84. The number of anilines is 1. The standard InChI is InChI=1S/C17H19N3O2S/c1-10-4-5-14(11(2)6-10)19-15(21)8-13-9-23-17-18-12(3)7-16(22)20(13)17/h4-7,13H,8-9H2,1-3H3,(H,19,21). The van der Waals surface area contributed by atoms with Crippen LogP contribution in [-0.4, -0.2) is 21.2 Å². The first-order chi connectivity index (χ1) is 10.9. The first-order valence-electron chi connectivity index (χ1n) is 7.54. The summed E-state index contributed by atoms with van der Waals surface area (Å²) >= 11 is 1.53. The molecule has 0 fully saturated rings. The zero-order valence-electron chi connectivity index (χ0n) is 13.4. The van der Waals surface area contributed by atoms with Crippen molar-refractivity contribution in [3.8, 4) is 0 Å². The Bertz CT molecular complexity index is 829. The van der Waals surface area contributed by atoms with Crippen molar-refractivity contribution in [1.29, 1.82) is 0 Å². The fraction of sp³-hybridized carbons (Fsp3) is 0.353. The Kier molecular flexibility index (Phi) is 4.26. The van der Waals surface area contributed by atoms with Gasteiger partial charge in [-0.1, -0.05) is 29.5 Å². The van der Waals surface area contributed by atoms with E-state index in [4.69, 9.17) is 0 Å². The first kappa shape index (κ1) is 15.8. The topological polar surface area (TPSA) is 64.0 Å². The van der Waals surface area contributed by atoms with Gasteiger partial charge in [0.2, 0.25) is 5.91 Å². The lowest BCUT2D eigenvalue weighted by atomic mass is 10.1. The molecule has 1 aromatic heterocycles. The van der Waals surface area contributed by atoms with Crippen LogP contribution in [0.25, 0.3) is 0 Å². The molecule has 0 radical (unpaired) electrons. The van der Waals surface area contributed by atoms with E-state index in [2.05, 4.69) is 10.3 Å². The van der Waals surface area contributed by atoms with Gasteiger partial charge < -0.3 is 5.32 Å². The van der Waals surface area contributed by atoms with Gasteiger partial charge in [0.1, 0.15) is 0 Å². The van der Waals surface area contributed by atoms with Gasteiger partial charge in [-0.3, -0.25) is 14.2 Å². The van der Waals surface area contributed by atoms with Crippen molar-refractivity contribution in [2.45, 2.75) is 38.4 Å². The van der Waals surface area contributed by atoms with E-state index in [-0.39, 0.29) is 23.9 Å². The Labute approximate surface area is 139 Å². The number of carbonyl (C=O) groups excluding carboxylic acids is 1. The molecule has 5 nitrogen and oxygen atoms in total. The number of aromatic nitrogens is 2. The van der Waals surface area contributed by atoms with Crippen molar-refractivity contribution in [1.82, 2.24) is 9.55 Å². The Morgan fingerprint density at radius 1 is 1.35 bits per heavy atom. The largest absolute Gasteiger partial charge is 0.326 e. The molecule has 3 rings (SSSR count). The van der Waals surface area contributed by atoms with Gasteiger partial charge in [-0.05, 0) is 32.4 Å². The van der Waals surface area contributed by atoms with Crippen molar-refractivity contribution in [3.63, 3.8) is 0 Å². The third-order valence-electron chi connectivity index (χ3n) is 3.89. The maximum atomic E-state index is 12.3. The van der Waals surface area contributed by atoms with Gasteiger partial charge in [-0.25, -0.2) is 4.98 Å². The van der Waals surface area contributed by atoms with E-state index in [0.29, 0.717) is 16.6 Å². The maximum Gasteiger partial charge on any atom is 0.254 e. The Morgan fingerprint density at radius 2 is 2.13 bits per heavy atom. The number of fused-ring (bicyclic) bond motifs is 1. The smallest absolute Gasteiger partial charge is 0.254 e. The minimum atomic E-state index is -0.138. The quantitative estimate of drug-likeness (QED) is 0.880. The van der Waals surface area contributed by atoms with E-state index in [0.717, 1.165) is 16.8 Å². The van der Waals surface area contributed by atoms with Crippen molar-refractivity contribution < 1.29 is 4.79 Å². The van der Waals surface area contributed by atoms with E-state index >= 15 is 0 Å². The van der Waals surface area contributed by atoms with E-state index < -0.39 is 0 Å². The number of aryl methyl sites for hydroxylation is 3. The SMILES string of the molecule is Cc1ccc(NC(=O)CC2CSc3nc(C)cc(=O)n32)c(C)c1. The fourth-order valence-corrected chi connectivity index (χ4v) is 3.98. The Morgan fingerprint density at radius 3 is 2.87 bits per heavy atom. The molecule has 120 valence electrons. The van der Waals surface area contributed by atoms with Gasteiger partial charge in [0, 0.05) is 29.6 Å². The Balaban J connectivity index is 1.74. The number of carbonyl (C=O) groups is 1. The molecular weight excluding hydrogens is 310 g/mol. The summed E-state index contributed by atoms with van der Waals surface area (Å²) in [7, 11) is 0. The number of hydrogen-bond donors (Lipinski definition) is 1. The summed E-state index contributed by atoms with van der Waals surface area (Å²) in [5.74, 6) is 0.620. The van der Waals surface area contributed by atoms with E-state index in [1.165, 1.54) is 17.8 Å². The van der Waals surface area contributed by atoms with Crippen LogP contribution in [0.1, 0.15) is 29.3 Å². The molecule has 2 aromatic rings. The van der Waals surface area contributed by atoms with Crippen molar-refractivity contribution >= 4 is 23.4 Å². The molecule has 1 aliphatic rings. The number of rotatable bonds is 3. The number of hydrogen-bond acceptors (Lipinski definition) is 4. The van der Waals surface area contributed by atoms with Crippen LogP contribution < -0.4 is 10.9 Å². The predicted molar refractivity (Wildman–Crippen MR) is 92.2 cm³/mol. The highest BCUT2D eigenvalue weighted by atomic mass is 32.2. The summed E-state index contributed by atoms with van der Waals surface area (Å²) in [4.78, 5) is 28.9. The number of benzene rings is 1. The highest BCUT2D eigenvalue weighted by Crippen LogP contribution is 2.32. The minimum Gasteiger partial charge on any atom is -0.326 e. The lowest BCUT2D eigenvalue weighted by Gasteiger charge is -2.14. The van der Waals surface area contributed by atoms with Crippen LogP contribution in [0, 0.1) is 20.8 Å². The average Bonchev–Trinajstić information content (AvgIpc) is 2.85. The van der Waals surface area contributed by atoms with Gasteiger partial charge in [0.25, 0.3) is 5.56 Å². The lowest BCUT2D eigenvalue weighted by Crippen LogP contribution is -2.27. The van der Waals surface area contributed by atoms with Crippen molar-refractivity contribution in [3.05, 3.63) is 51.4 Å². The maximum absolute atomic E-state index is 12.3. The van der Waals surface area contributed by atoms with Crippen LogP contribution in [0.5, 0.6) is 0 Å². The molecule has 1 atom stereocenters. The first-order valence-corrected chi connectivity index (χ1v) is 8.52. The summed E-state index contributed by atoms with van der Waals surface area (Å²) < 4.78 is 1.64. The molecule has 2 heterocycles. The van der Waals surface area contributed by atoms with Crippen LogP contribution in [0.2, 0.25) is 0 Å². The number of amides is 1. The summed E-state index contributed by atoms with van der Waals surface area (Å²) in [5.41, 5.74) is 3.65. The molecule has 1 unspecified atom stereocenters. The summed E-state index contributed by atoms with van der Waals surface area (Å²) in [5, 5.41) is 3.65. The molecule has 6 heteroatoms. The molecule has 1 amide bonds. The zero-order chi connectivity index (χ0) is 16.6. The third kappa shape index (κ3) is 3.32. The van der Waals surface area contributed by atoms with Gasteiger partial charge in [-0.15, -0.1) is 0 Å². The van der Waals surface area contributed by atoms with Gasteiger partial charge in [0.05, 0.1) is 6.04 Å². The molecule has 1 aliphatic heterocycles. The fourth-order valence-electron chi connectivity index (χ4n) is 2.78. The molecular formula is C17H19N3O2S. The highest BCUT2D eigenvalue weighted by Gasteiger charge is 2.27. The molecule has 0 bridgehead atoms. The van der Waals surface area contributed by atoms with E-state index in [1.807, 2.05) is 39.0 Å². The molecule has 0 aliphatic carbocycles. The van der Waals surface area contributed by atoms with Crippen LogP contribution in [-0.2, 0) is 4.79 Å². The second-order valence-electron chi connectivity index (χ2n) is 5.92. The molecule has 0 spiro atoms. The van der Waals surface area contributed by atoms with Gasteiger partial charge in [0.15, 0.2) is 5.16 Å². The van der Waals surface area contributed by atoms with Gasteiger partial charge >= 0.3 is 0 Å². The number of thioether (sulfide) groups is 1. The van der Waals surface area contributed by atoms with Gasteiger partial charge in [-0.2, -0.15) is 0 Å². The molecule has 1 aromatic carbocycles. The monoisotopic (exact) mass is 329 g/mol. The van der Waals surface area contributed by atoms with Crippen LogP contribution in [0.15, 0.2) is 34.2 Å². The summed E-state index contributed by atoms with van der Waals surface area (Å²) in [6.45, 7) is 5.80. The molecule has 0 saturated carbocycles. The zero-order valence-corrected chi connectivity index (χ0v) is 14.2. The number of nitrogens with one attached hydrogen (secondary N) is 1.